The second kappa shape index (κ2) is 7.11. The zero-order valence-electron chi connectivity index (χ0n) is 12.0. The number of hydrogen-bond donors (Lipinski definition) is 2. The number of carboxylic acid groups (broad SMARTS) is 1. The number of hydrogen-bond acceptors (Lipinski definition) is 3. The third-order valence-corrected chi connectivity index (χ3v) is 3.88. The molecule has 0 unspecified atom stereocenters. The number of ether oxygens (including phenoxy) is 1. The van der Waals surface area contributed by atoms with Gasteiger partial charge in [0, 0.05) is 0 Å². The van der Waals surface area contributed by atoms with Gasteiger partial charge in [0.1, 0.15) is 6.61 Å². The first-order chi connectivity index (χ1) is 10.1. The number of rotatable bonds is 5. The highest BCUT2D eigenvalue weighted by molar-refractivity contribution is 5.72. The van der Waals surface area contributed by atoms with Gasteiger partial charge in [-0.05, 0) is 18.4 Å². The van der Waals surface area contributed by atoms with Gasteiger partial charge in [0.15, 0.2) is 0 Å². The number of alkyl carbamates (subject to hydrolysis) is 1. The van der Waals surface area contributed by atoms with Gasteiger partial charge in [-0.3, -0.25) is 4.79 Å². The quantitative estimate of drug-likeness (QED) is 0.874. The van der Waals surface area contributed by atoms with E-state index in [2.05, 4.69) is 5.32 Å². The van der Waals surface area contributed by atoms with Crippen molar-refractivity contribution < 1.29 is 19.4 Å². The van der Waals surface area contributed by atoms with Gasteiger partial charge in [0.2, 0.25) is 0 Å². The number of aliphatic carboxylic acids is 1. The van der Waals surface area contributed by atoms with E-state index in [4.69, 9.17) is 9.84 Å². The first-order valence-electron chi connectivity index (χ1n) is 7.30. The fourth-order valence-corrected chi connectivity index (χ4v) is 2.84. The summed E-state index contributed by atoms with van der Waals surface area (Å²) in [4.78, 5) is 23.0. The highest BCUT2D eigenvalue weighted by Gasteiger charge is 2.36. The third-order valence-electron chi connectivity index (χ3n) is 3.88. The third kappa shape index (κ3) is 4.77. The summed E-state index contributed by atoms with van der Waals surface area (Å²) in [5, 5.41) is 11.9. The van der Waals surface area contributed by atoms with Gasteiger partial charge >= 0.3 is 12.1 Å². The summed E-state index contributed by atoms with van der Waals surface area (Å²) in [6, 6.07) is 9.41. The van der Waals surface area contributed by atoms with Crippen LogP contribution in [0.1, 0.15) is 44.1 Å². The predicted octanol–water partition coefficient (Wildman–Crippen LogP) is 3.09. The fourth-order valence-electron chi connectivity index (χ4n) is 2.84. The van der Waals surface area contributed by atoms with Gasteiger partial charge in [-0.2, -0.15) is 0 Å². The van der Waals surface area contributed by atoms with E-state index < -0.39 is 17.6 Å². The molecule has 1 aliphatic rings. The normalized spacial score (nSPS) is 17.0. The second-order valence-corrected chi connectivity index (χ2v) is 5.60. The molecule has 1 fully saturated rings. The summed E-state index contributed by atoms with van der Waals surface area (Å²) >= 11 is 0. The molecule has 1 amide bonds. The largest absolute Gasteiger partial charge is 0.481 e. The Morgan fingerprint density at radius 2 is 1.81 bits per heavy atom. The van der Waals surface area contributed by atoms with Crippen LogP contribution < -0.4 is 5.32 Å². The van der Waals surface area contributed by atoms with Crippen LogP contribution in [-0.2, 0) is 16.1 Å². The number of benzene rings is 1. The maximum absolute atomic E-state index is 11.9. The topological polar surface area (TPSA) is 75.6 Å². The molecular weight excluding hydrogens is 270 g/mol. The number of nitrogens with one attached hydrogen (secondary N) is 1. The molecule has 2 N–H and O–H groups in total. The second-order valence-electron chi connectivity index (χ2n) is 5.60. The summed E-state index contributed by atoms with van der Waals surface area (Å²) in [5.74, 6) is -0.889. The molecule has 0 heterocycles. The Morgan fingerprint density at radius 1 is 1.14 bits per heavy atom. The SMILES string of the molecule is O=C(O)CC1(NC(=O)OCc2ccccc2)CCCCC1. The van der Waals surface area contributed by atoms with E-state index in [1.54, 1.807) is 0 Å². The predicted molar refractivity (Wildman–Crippen MR) is 77.8 cm³/mol. The van der Waals surface area contributed by atoms with Gasteiger partial charge < -0.3 is 15.2 Å². The minimum absolute atomic E-state index is 0.0482. The molecule has 114 valence electrons. The molecule has 0 bridgehead atoms. The molecule has 0 radical (unpaired) electrons. The van der Waals surface area contributed by atoms with Gasteiger partial charge in [-0.25, -0.2) is 4.79 Å². The molecule has 5 nitrogen and oxygen atoms in total. The number of carbonyl (C=O) groups is 2. The molecule has 1 aromatic carbocycles. The Kier molecular flexibility index (Phi) is 5.20. The highest BCUT2D eigenvalue weighted by atomic mass is 16.5. The van der Waals surface area contributed by atoms with E-state index in [1.807, 2.05) is 30.3 Å². The summed E-state index contributed by atoms with van der Waals surface area (Å²) < 4.78 is 5.19. The molecule has 0 saturated heterocycles. The van der Waals surface area contributed by atoms with Crippen LogP contribution in [-0.4, -0.2) is 22.7 Å². The molecule has 0 spiro atoms. The minimum atomic E-state index is -0.889. The lowest BCUT2D eigenvalue weighted by Gasteiger charge is -2.36. The van der Waals surface area contributed by atoms with Gasteiger partial charge in [-0.15, -0.1) is 0 Å². The zero-order chi connectivity index (χ0) is 15.1. The van der Waals surface area contributed by atoms with Crippen molar-refractivity contribution in [3.63, 3.8) is 0 Å². The highest BCUT2D eigenvalue weighted by Crippen LogP contribution is 2.31. The standard InChI is InChI=1S/C16H21NO4/c18-14(19)11-16(9-5-2-6-10-16)17-15(20)21-12-13-7-3-1-4-8-13/h1,3-4,7-8H,2,5-6,9-12H2,(H,17,20)(H,18,19). The lowest BCUT2D eigenvalue weighted by molar-refractivity contribution is -0.139. The molecule has 1 aromatic rings. The summed E-state index contributed by atoms with van der Waals surface area (Å²) in [6.07, 6.45) is 3.76. The van der Waals surface area contributed by atoms with E-state index in [0.29, 0.717) is 12.8 Å². The molecule has 2 rings (SSSR count). The first kappa shape index (κ1) is 15.4. The van der Waals surface area contributed by atoms with Crippen molar-refractivity contribution in [2.75, 3.05) is 0 Å². The van der Waals surface area contributed by atoms with Crippen LogP contribution >= 0.6 is 0 Å². The van der Waals surface area contributed by atoms with E-state index in [-0.39, 0.29) is 13.0 Å². The minimum Gasteiger partial charge on any atom is -0.481 e. The van der Waals surface area contributed by atoms with Crippen molar-refractivity contribution in [1.82, 2.24) is 5.32 Å². The molecule has 21 heavy (non-hydrogen) atoms. The van der Waals surface area contributed by atoms with E-state index >= 15 is 0 Å². The first-order valence-corrected chi connectivity index (χ1v) is 7.30. The van der Waals surface area contributed by atoms with Crippen molar-refractivity contribution in [2.45, 2.75) is 50.7 Å². The van der Waals surface area contributed by atoms with E-state index in [1.165, 1.54) is 0 Å². The Morgan fingerprint density at radius 3 is 2.43 bits per heavy atom. The lowest BCUT2D eigenvalue weighted by Crippen LogP contribution is -2.51. The number of amides is 1. The average molecular weight is 291 g/mol. The van der Waals surface area contributed by atoms with Crippen molar-refractivity contribution in [1.29, 1.82) is 0 Å². The molecular formula is C16H21NO4. The van der Waals surface area contributed by atoms with Crippen LogP contribution in [0.25, 0.3) is 0 Å². The van der Waals surface area contributed by atoms with Crippen LogP contribution in [0.3, 0.4) is 0 Å². The van der Waals surface area contributed by atoms with Gasteiger partial charge in [0.05, 0.1) is 12.0 Å². The number of carboxylic acids is 1. The van der Waals surface area contributed by atoms with Crippen LogP contribution in [0.2, 0.25) is 0 Å². The molecule has 5 heteroatoms. The Labute approximate surface area is 124 Å². The summed E-state index contributed by atoms with van der Waals surface area (Å²) in [7, 11) is 0. The van der Waals surface area contributed by atoms with Crippen LogP contribution in [0.15, 0.2) is 30.3 Å². The molecule has 1 aliphatic carbocycles. The average Bonchev–Trinajstić information content (AvgIpc) is 2.46. The van der Waals surface area contributed by atoms with Crippen LogP contribution in [0, 0.1) is 0 Å². The number of carbonyl (C=O) groups excluding carboxylic acids is 1. The molecule has 0 aromatic heterocycles. The van der Waals surface area contributed by atoms with Crippen LogP contribution in [0.4, 0.5) is 4.79 Å². The zero-order valence-corrected chi connectivity index (χ0v) is 12.0. The van der Waals surface area contributed by atoms with Crippen molar-refractivity contribution in [3.8, 4) is 0 Å². The van der Waals surface area contributed by atoms with Crippen LogP contribution in [0.5, 0.6) is 0 Å². The maximum Gasteiger partial charge on any atom is 0.407 e. The Hall–Kier alpha value is -2.04. The smallest absolute Gasteiger partial charge is 0.407 e. The van der Waals surface area contributed by atoms with Crippen molar-refractivity contribution in [2.24, 2.45) is 0 Å². The van der Waals surface area contributed by atoms with E-state index in [0.717, 1.165) is 24.8 Å². The summed E-state index contributed by atoms with van der Waals surface area (Å²) in [5.41, 5.74) is 0.251. The lowest BCUT2D eigenvalue weighted by atomic mass is 9.79. The Bertz CT molecular complexity index is 480. The van der Waals surface area contributed by atoms with Gasteiger partial charge in [-0.1, -0.05) is 49.6 Å². The monoisotopic (exact) mass is 291 g/mol. The maximum atomic E-state index is 11.9. The van der Waals surface area contributed by atoms with Crippen molar-refractivity contribution >= 4 is 12.1 Å². The van der Waals surface area contributed by atoms with E-state index in [9.17, 15) is 9.59 Å². The Balaban J connectivity index is 1.90. The summed E-state index contributed by atoms with van der Waals surface area (Å²) in [6.45, 7) is 0.190. The molecule has 0 atom stereocenters. The van der Waals surface area contributed by atoms with Gasteiger partial charge in [0.25, 0.3) is 0 Å². The molecule has 0 aliphatic heterocycles. The molecule has 1 saturated carbocycles. The van der Waals surface area contributed by atoms with Crippen molar-refractivity contribution in [3.05, 3.63) is 35.9 Å². The fraction of sp³-hybridized carbons (Fsp3) is 0.500.